The van der Waals surface area contributed by atoms with E-state index in [1.54, 1.807) is 7.11 Å². The molecule has 3 nitrogen and oxygen atoms in total. The predicted molar refractivity (Wildman–Crippen MR) is 71.9 cm³/mol. The number of hydrogen-bond acceptors (Lipinski definition) is 3. The van der Waals surface area contributed by atoms with E-state index in [1.807, 2.05) is 12.1 Å². The Morgan fingerprint density at radius 1 is 1.29 bits per heavy atom. The number of nitrogens with one attached hydrogen (secondary N) is 1. The SMILES string of the molecule is COc1ccc(NCCCO)cc1C(C)(C)C. The molecule has 2 N–H and O–H groups in total. The van der Waals surface area contributed by atoms with Gasteiger partial charge in [-0.2, -0.15) is 0 Å². The maximum Gasteiger partial charge on any atom is 0.122 e. The van der Waals surface area contributed by atoms with E-state index in [0.29, 0.717) is 0 Å². The van der Waals surface area contributed by atoms with Gasteiger partial charge in [-0.1, -0.05) is 20.8 Å². The van der Waals surface area contributed by atoms with Crippen LogP contribution in [-0.2, 0) is 5.41 Å². The van der Waals surface area contributed by atoms with E-state index in [2.05, 4.69) is 32.2 Å². The largest absolute Gasteiger partial charge is 0.496 e. The fourth-order valence-corrected chi connectivity index (χ4v) is 1.72. The Kier molecular flexibility index (Phi) is 4.82. The van der Waals surface area contributed by atoms with Gasteiger partial charge in [-0.25, -0.2) is 0 Å². The molecule has 0 fully saturated rings. The first-order chi connectivity index (χ1) is 7.99. The van der Waals surface area contributed by atoms with E-state index < -0.39 is 0 Å². The Morgan fingerprint density at radius 2 is 2.00 bits per heavy atom. The lowest BCUT2D eigenvalue weighted by atomic mass is 9.86. The molecule has 0 atom stereocenters. The van der Waals surface area contributed by atoms with Crippen molar-refractivity contribution in [2.75, 3.05) is 25.6 Å². The minimum absolute atomic E-state index is 0.0556. The molecule has 0 aliphatic carbocycles. The molecule has 3 heteroatoms. The molecule has 0 radical (unpaired) electrons. The van der Waals surface area contributed by atoms with Gasteiger partial charge >= 0.3 is 0 Å². The van der Waals surface area contributed by atoms with Crippen molar-refractivity contribution in [1.82, 2.24) is 0 Å². The number of hydrogen-bond donors (Lipinski definition) is 2. The van der Waals surface area contributed by atoms with E-state index in [4.69, 9.17) is 9.84 Å². The van der Waals surface area contributed by atoms with Gasteiger partial charge in [0.25, 0.3) is 0 Å². The topological polar surface area (TPSA) is 41.5 Å². The van der Waals surface area contributed by atoms with Crippen molar-refractivity contribution in [3.8, 4) is 5.75 Å². The average molecular weight is 237 g/mol. The molecule has 1 aromatic carbocycles. The predicted octanol–water partition coefficient (Wildman–Crippen LogP) is 2.79. The number of ether oxygens (including phenoxy) is 1. The van der Waals surface area contributed by atoms with Crippen LogP contribution in [0.5, 0.6) is 5.75 Å². The van der Waals surface area contributed by atoms with E-state index >= 15 is 0 Å². The van der Waals surface area contributed by atoms with Gasteiger partial charge in [-0.05, 0) is 30.0 Å². The van der Waals surface area contributed by atoms with E-state index in [9.17, 15) is 0 Å². The summed E-state index contributed by atoms with van der Waals surface area (Å²) in [6.45, 7) is 7.51. The van der Waals surface area contributed by atoms with Gasteiger partial charge in [0.1, 0.15) is 5.75 Å². The lowest BCUT2D eigenvalue weighted by Crippen LogP contribution is -2.14. The molecule has 0 aromatic heterocycles. The lowest BCUT2D eigenvalue weighted by molar-refractivity contribution is 0.292. The van der Waals surface area contributed by atoms with Gasteiger partial charge in [0.15, 0.2) is 0 Å². The van der Waals surface area contributed by atoms with E-state index in [-0.39, 0.29) is 12.0 Å². The first kappa shape index (κ1) is 13.8. The summed E-state index contributed by atoms with van der Waals surface area (Å²) < 4.78 is 5.38. The highest BCUT2D eigenvalue weighted by Gasteiger charge is 2.19. The number of aliphatic hydroxyl groups is 1. The summed E-state index contributed by atoms with van der Waals surface area (Å²) in [5.74, 6) is 0.921. The van der Waals surface area contributed by atoms with Crippen molar-refractivity contribution in [3.63, 3.8) is 0 Å². The van der Waals surface area contributed by atoms with Crippen LogP contribution >= 0.6 is 0 Å². The third-order valence-electron chi connectivity index (χ3n) is 2.67. The molecule has 0 heterocycles. The molecule has 0 unspecified atom stereocenters. The Balaban J connectivity index is 2.89. The number of methoxy groups -OCH3 is 1. The molecule has 17 heavy (non-hydrogen) atoms. The summed E-state index contributed by atoms with van der Waals surface area (Å²) in [7, 11) is 1.70. The van der Waals surface area contributed by atoms with Crippen molar-refractivity contribution in [2.24, 2.45) is 0 Å². The number of anilines is 1. The smallest absolute Gasteiger partial charge is 0.122 e. The molecule has 0 saturated carbocycles. The van der Waals surface area contributed by atoms with Crippen LogP contribution in [0.4, 0.5) is 5.69 Å². The molecule has 0 bridgehead atoms. The van der Waals surface area contributed by atoms with Crippen molar-refractivity contribution in [3.05, 3.63) is 23.8 Å². The minimum atomic E-state index is 0.0556. The first-order valence-corrected chi connectivity index (χ1v) is 6.02. The normalized spacial score (nSPS) is 11.4. The average Bonchev–Trinajstić information content (AvgIpc) is 2.28. The minimum Gasteiger partial charge on any atom is -0.496 e. The zero-order valence-corrected chi connectivity index (χ0v) is 11.2. The van der Waals surface area contributed by atoms with Crippen LogP contribution in [0.15, 0.2) is 18.2 Å². The third kappa shape index (κ3) is 3.93. The Hall–Kier alpha value is -1.22. The van der Waals surface area contributed by atoms with Crippen LogP contribution < -0.4 is 10.1 Å². The second-order valence-corrected chi connectivity index (χ2v) is 5.17. The summed E-state index contributed by atoms with van der Waals surface area (Å²) >= 11 is 0. The van der Waals surface area contributed by atoms with Crippen molar-refractivity contribution >= 4 is 5.69 Å². The summed E-state index contributed by atoms with van der Waals surface area (Å²) in [4.78, 5) is 0. The van der Waals surface area contributed by atoms with Gasteiger partial charge in [0.2, 0.25) is 0 Å². The fourth-order valence-electron chi connectivity index (χ4n) is 1.72. The number of benzene rings is 1. The molecule has 1 rings (SSSR count). The number of aliphatic hydroxyl groups excluding tert-OH is 1. The fraction of sp³-hybridized carbons (Fsp3) is 0.571. The highest BCUT2D eigenvalue weighted by atomic mass is 16.5. The molecule has 0 amide bonds. The van der Waals surface area contributed by atoms with Crippen LogP contribution in [0.3, 0.4) is 0 Å². The molecule has 1 aromatic rings. The second kappa shape index (κ2) is 5.92. The van der Waals surface area contributed by atoms with Crippen LogP contribution in [0.2, 0.25) is 0 Å². The van der Waals surface area contributed by atoms with Crippen molar-refractivity contribution < 1.29 is 9.84 Å². The van der Waals surface area contributed by atoms with Gasteiger partial charge in [-0.15, -0.1) is 0 Å². The van der Waals surface area contributed by atoms with Crippen molar-refractivity contribution in [2.45, 2.75) is 32.6 Å². The highest BCUT2D eigenvalue weighted by molar-refractivity contribution is 5.53. The van der Waals surface area contributed by atoms with Gasteiger partial charge in [0.05, 0.1) is 7.11 Å². The Labute approximate surface area is 104 Å². The molecule has 0 aliphatic heterocycles. The molecular formula is C14H23NO2. The zero-order chi connectivity index (χ0) is 12.9. The maximum absolute atomic E-state index is 8.75. The summed E-state index contributed by atoms with van der Waals surface area (Å²) in [6, 6.07) is 6.11. The lowest BCUT2D eigenvalue weighted by Gasteiger charge is -2.23. The van der Waals surface area contributed by atoms with Crippen LogP contribution in [-0.4, -0.2) is 25.4 Å². The van der Waals surface area contributed by atoms with Crippen LogP contribution in [0, 0.1) is 0 Å². The molecule has 0 spiro atoms. The summed E-state index contributed by atoms with van der Waals surface area (Å²) in [5, 5.41) is 12.0. The molecule has 96 valence electrons. The standard InChI is InChI=1S/C14H23NO2/c1-14(2,3)12-10-11(15-8-5-9-16)6-7-13(12)17-4/h6-7,10,15-16H,5,8-9H2,1-4H3. The molecule has 0 aliphatic rings. The van der Waals surface area contributed by atoms with Crippen LogP contribution in [0.25, 0.3) is 0 Å². The van der Waals surface area contributed by atoms with Crippen LogP contribution in [0.1, 0.15) is 32.8 Å². The number of rotatable bonds is 5. The summed E-state index contributed by atoms with van der Waals surface area (Å²) in [5.41, 5.74) is 2.32. The first-order valence-electron chi connectivity index (χ1n) is 6.02. The quantitative estimate of drug-likeness (QED) is 0.774. The Morgan fingerprint density at radius 3 is 2.53 bits per heavy atom. The van der Waals surface area contributed by atoms with Gasteiger partial charge in [-0.3, -0.25) is 0 Å². The Bertz CT molecular complexity index is 356. The van der Waals surface area contributed by atoms with E-state index in [1.165, 1.54) is 5.56 Å². The second-order valence-electron chi connectivity index (χ2n) is 5.17. The molecular weight excluding hydrogens is 214 g/mol. The highest BCUT2D eigenvalue weighted by Crippen LogP contribution is 2.33. The summed E-state index contributed by atoms with van der Waals surface area (Å²) in [6.07, 6.45) is 0.761. The monoisotopic (exact) mass is 237 g/mol. The van der Waals surface area contributed by atoms with Gasteiger partial charge in [0, 0.05) is 24.4 Å². The maximum atomic E-state index is 8.75. The van der Waals surface area contributed by atoms with E-state index in [0.717, 1.165) is 24.4 Å². The molecule has 0 saturated heterocycles. The third-order valence-corrected chi connectivity index (χ3v) is 2.67. The zero-order valence-electron chi connectivity index (χ0n) is 11.2. The van der Waals surface area contributed by atoms with Gasteiger partial charge < -0.3 is 15.2 Å². The van der Waals surface area contributed by atoms with Crippen molar-refractivity contribution in [1.29, 1.82) is 0 Å².